The molecule has 0 amide bonds. The van der Waals surface area contributed by atoms with E-state index in [9.17, 15) is 8.42 Å². The van der Waals surface area contributed by atoms with Crippen LogP contribution in [0.15, 0.2) is 27.8 Å². The molecule has 0 aromatic carbocycles. The van der Waals surface area contributed by atoms with Crippen molar-refractivity contribution in [2.45, 2.75) is 43.1 Å². The van der Waals surface area contributed by atoms with Crippen LogP contribution in [0.4, 0.5) is 0 Å². The topological polar surface area (TPSA) is 68.3 Å². The van der Waals surface area contributed by atoms with Crippen molar-refractivity contribution in [3.05, 3.63) is 22.9 Å². The fourth-order valence-corrected chi connectivity index (χ4v) is 3.77. The van der Waals surface area contributed by atoms with E-state index in [0.717, 1.165) is 12.8 Å². The second kappa shape index (κ2) is 7.49. The van der Waals surface area contributed by atoms with Crippen molar-refractivity contribution < 1.29 is 13.2 Å². The highest BCUT2D eigenvalue weighted by Gasteiger charge is 2.16. The predicted molar refractivity (Wildman–Crippen MR) is 80.0 cm³/mol. The summed E-state index contributed by atoms with van der Waals surface area (Å²) in [7, 11) is -3.51. The summed E-state index contributed by atoms with van der Waals surface area (Å²) in [4.78, 5) is 4.01. The second-order valence-corrected chi connectivity index (χ2v) is 7.55. The lowest BCUT2D eigenvalue weighted by atomic mass is 9.98. The van der Waals surface area contributed by atoms with Crippen molar-refractivity contribution >= 4 is 26.0 Å². The van der Waals surface area contributed by atoms with Gasteiger partial charge in [0.25, 0.3) is 0 Å². The summed E-state index contributed by atoms with van der Waals surface area (Å²) in [6.07, 6.45) is 9.04. The highest BCUT2D eigenvalue weighted by atomic mass is 79.9. The molecule has 0 atom stereocenters. The van der Waals surface area contributed by atoms with E-state index in [1.807, 2.05) is 0 Å². The SMILES string of the molecule is O=S(=O)(NCCOC1CCCCC1)c1cncc(Br)c1. The summed E-state index contributed by atoms with van der Waals surface area (Å²) in [5.74, 6) is 0. The van der Waals surface area contributed by atoms with Crippen LogP contribution in [0.25, 0.3) is 0 Å². The molecule has 1 aliphatic carbocycles. The minimum atomic E-state index is -3.51. The number of pyridine rings is 1. The van der Waals surface area contributed by atoms with Gasteiger partial charge in [0.05, 0.1) is 12.7 Å². The van der Waals surface area contributed by atoms with Crippen molar-refractivity contribution in [3.8, 4) is 0 Å². The van der Waals surface area contributed by atoms with Gasteiger partial charge in [-0.15, -0.1) is 0 Å². The quantitative estimate of drug-likeness (QED) is 0.789. The van der Waals surface area contributed by atoms with Crippen molar-refractivity contribution in [1.82, 2.24) is 9.71 Å². The molecule has 1 N–H and O–H groups in total. The molecule has 0 unspecified atom stereocenters. The zero-order valence-electron chi connectivity index (χ0n) is 11.2. The molecule has 1 aromatic rings. The standard InChI is InChI=1S/C13H19BrN2O3S/c14-11-8-13(10-15-9-11)20(17,18)16-6-7-19-12-4-2-1-3-5-12/h8-10,12,16H,1-7H2. The molecule has 2 rings (SSSR count). The largest absolute Gasteiger partial charge is 0.377 e. The Kier molecular flexibility index (Phi) is 5.95. The summed E-state index contributed by atoms with van der Waals surface area (Å²) in [5, 5.41) is 0. The van der Waals surface area contributed by atoms with Crippen molar-refractivity contribution in [2.24, 2.45) is 0 Å². The fraction of sp³-hybridized carbons (Fsp3) is 0.615. The van der Waals surface area contributed by atoms with Gasteiger partial charge in [0.15, 0.2) is 0 Å². The van der Waals surface area contributed by atoms with Crippen LogP contribution in [0.1, 0.15) is 32.1 Å². The van der Waals surface area contributed by atoms with E-state index >= 15 is 0 Å². The number of ether oxygens (including phenoxy) is 1. The molecule has 20 heavy (non-hydrogen) atoms. The fourth-order valence-electron chi connectivity index (χ4n) is 2.26. The molecule has 0 bridgehead atoms. The number of nitrogens with one attached hydrogen (secondary N) is 1. The van der Waals surface area contributed by atoms with Crippen LogP contribution in [0, 0.1) is 0 Å². The summed E-state index contributed by atoms with van der Waals surface area (Å²) in [6, 6.07) is 1.53. The Morgan fingerprint density at radius 1 is 1.30 bits per heavy atom. The summed E-state index contributed by atoms with van der Waals surface area (Å²) in [5.41, 5.74) is 0. The third-order valence-electron chi connectivity index (χ3n) is 3.29. The maximum atomic E-state index is 12.0. The Balaban J connectivity index is 1.78. The van der Waals surface area contributed by atoms with Gasteiger partial charge >= 0.3 is 0 Å². The number of sulfonamides is 1. The van der Waals surface area contributed by atoms with Crippen LogP contribution in [-0.2, 0) is 14.8 Å². The molecule has 1 fully saturated rings. The predicted octanol–water partition coefficient (Wildman–Crippen LogP) is 2.47. The lowest BCUT2D eigenvalue weighted by Crippen LogP contribution is -2.29. The Bertz CT molecular complexity index is 530. The van der Waals surface area contributed by atoms with Crippen LogP contribution in [0.2, 0.25) is 0 Å². The van der Waals surface area contributed by atoms with Crippen LogP contribution in [0.5, 0.6) is 0 Å². The molecule has 1 aromatic heterocycles. The minimum Gasteiger partial charge on any atom is -0.377 e. The Hall–Kier alpha value is -0.500. The molecule has 7 heteroatoms. The van der Waals surface area contributed by atoms with E-state index in [4.69, 9.17) is 4.74 Å². The van der Waals surface area contributed by atoms with E-state index in [1.54, 1.807) is 6.20 Å². The number of hydrogen-bond donors (Lipinski definition) is 1. The van der Waals surface area contributed by atoms with Gasteiger partial charge in [0.1, 0.15) is 4.90 Å². The highest BCUT2D eigenvalue weighted by Crippen LogP contribution is 2.20. The number of rotatable bonds is 6. The first kappa shape index (κ1) is 15.9. The summed E-state index contributed by atoms with van der Waals surface area (Å²) >= 11 is 3.21. The smallest absolute Gasteiger partial charge is 0.242 e. The van der Waals surface area contributed by atoms with Crippen molar-refractivity contribution in [2.75, 3.05) is 13.2 Å². The molecular weight excluding hydrogens is 344 g/mol. The highest BCUT2D eigenvalue weighted by molar-refractivity contribution is 9.10. The molecule has 0 spiro atoms. The third kappa shape index (κ3) is 4.80. The van der Waals surface area contributed by atoms with Gasteiger partial charge in [-0.3, -0.25) is 4.98 Å². The van der Waals surface area contributed by atoms with Gasteiger partial charge in [-0.1, -0.05) is 19.3 Å². The van der Waals surface area contributed by atoms with Crippen LogP contribution >= 0.6 is 15.9 Å². The average Bonchev–Trinajstić information content (AvgIpc) is 2.45. The van der Waals surface area contributed by atoms with Gasteiger partial charge in [0.2, 0.25) is 10.0 Å². The first-order valence-electron chi connectivity index (χ1n) is 6.80. The first-order chi connectivity index (χ1) is 9.58. The van der Waals surface area contributed by atoms with Crippen LogP contribution < -0.4 is 4.72 Å². The lowest BCUT2D eigenvalue weighted by molar-refractivity contribution is 0.0321. The maximum Gasteiger partial charge on any atom is 0.242 e. The van der Waals surface area contributed by atoms with Gasteiger partial charge < -0.3 is 4.74 Å². The molecule has 1 aliphatic rings. The second-order valence-electron chi connectivity index (χ2n) is 4.87. The molecule has 112 valence electrons. The van der Waals surface area contributed by atoms with E-state index in [2.05, 4.69) is 25.6 Å². The van der Waals surface area contributed by atoms with Crippen LogP contribution in [-0.4, -0.2) is 32.7 Å². The van der Waals surface area contributed by atoms with Crippen LogP contribution in [0.3, 0.4) is 0 Å². The number of nitrogens with zero attached hydrogens (tertiary/aromatic N) is 1. The van der Waals surface area contributed by atoms with E-state index in [0.29, 0.717) is 17.2 Å². The van der Waals surface area contributed by atoms with Gasteiger partial charge in [-0.2, -0.15) is 0 Å². The monoisotopic (exact) mass is 362 g/mol. The van der Waals surface area contributed by atoms with E-state index in [1.165, 1.54) is 31.5 Å². The summed E-state index contributed by atoms with van der Waals surface area (Å²) < 4.78 is 32.9. The average molecular weight is 363 g/mol. The minimum absolute atomic E-state index is 0.157. The first-order valence-corrected chi connectivity index (χ1v) is 9.07. The Labute approximate surface area is 128 Å². The van der Waals surface area contributed by atoms with Crippen molar-refractivity contribution in [3.63, 3.8) is 0 Å². The molecule has 1 heterocycles. The Morgan fingerprint density at radius 3 is 2.75 bits per heavy atom. The number of aromatic nitrogens is 1. The Morgan fingerprint density at radius 2 is 2.05 bits per heavy atom. The number of hydrogen-bond acceptors (Lipinski definition) is 4. The molecule has 0 aliphatic heterocycles. The lowest BCUT2D eigenvalue weighted by Gasteiger charge is -2.21. The normalized spacial score (nSPS) is 17.2. The van der Waals surface area contributed by atoms with E-state index in [-0.39, 0.29) is 11.4 Å². The van der Waals surface area contributed by atoms with Gasteiger partial charge in [0, 0.05) is 23.4 Å². The van der Waals surface area contributed by atoms with Crippen molar-refractivity contribution in [1.29, 1.82) is 0 Å². The molecule has 0 radical (unpaired) electrons. The molecule has 5 nitrogen and oxygen atoms in total. The molecule has 0 saturated heterocycles. The molecule has 1 saturated carbocycles. The van der Waals surface area contributed by atoms with Gasteiger partial charge in [-0.25, -0.2) is 13.1 Å². The zero-order chi connectivity index (χ0) is 14.4. The molecular formula is C13H19BrN2O3S. The third-order valence-corrected chi connectivity index (χ3v) is 5.15. The number of halogens is 1. The van der Waals surface area contributed by atoms with E-state index < -0.39 is 10.0 Å². The maximum absolute atomic E-state index is 12.0. The van der Waals surface area contributed by atoms with Gasteiger partial charge in [-0.05, 0) is 34.8 Å². The zero-order valence-corrected chi connectivity index (χ0v) is 13.6. The summed E-state index contributed by atoms with van der Waals surface area (Å²) in [6.45, 7) is 0.691.